The molecule has 0 aliphatic carbocycles. The van der Waals surface area contributed by atoms with Crippen LogP contribution in [0.3, 0.4) is 0 Å². The van der Waals surface area contributed by atoms with Crippen LogP contribution in [0.15, 0.2) is 30.7 Å². The van der Waals surface area contributed by atoms with E-state index in [0.717, 1.165) is 18.8 Å². The highest BCUT2D eigenvalue weighted by atomic mass is 19.3. The van der Waals surface area contributed by atoms with Gasteiger partial charge in [0.1, 0.15) is 23.5 Å². The number of imidazole rings is 1. The number of rotatable bonds is 5. The van der Waals surface area contributed by atoms with E-state index in [0.29, 0.717) is 36.0 Å². The summed E-state index contributed by atoms with van der Waals surface area (Å²) in [5, 5.41) is 4.00. The van der Waals surface area contributed by atoms with Crippen molar-refractivity contribution in [2.75, 3.05) is 31.6 Å². The molecule has 0 bridgehead atoms. The first-order valence-electron chi connectivity index (χ1n) is 9.02. The summed E-state index contributed by atoms with van der Waals surface area (Å²) in [6.07, 6.45) is 1.35. The minimum atomic E-state index is -2.66. The zero-order chi connectivity index (χ0) is 19.7. The lowest BCUT2D eigenvalue weighted by atomic mass is 9.96. The molecule has 0 aromatic carbocycles. The van der Waals surface area contributed by atoms with Crippen molar-refractivity contribution in [1.82, 2.24) is 24.6 Å². The fraction of sp³-hybridized carbons (Fsp3) is 0.444. The molecule has 148 valence electrons. The van der Waals surface area contributed by atoms with Crippen molar-refractivity contribution in [1.29, 1.82) is 0 Å². The minimum absolute atomic E-state index is 0.0757. The van der Waals surface area contributed by atoms with Crippen LogP contribution in [0.1, 0.15) is 18.5 Å². The van der Waals surface area contributed by atoms with Crippen molar-refractivity contribution in [2.45, 2.75) is 19.0 Å². The van der Waals surface area contributed by atoms with Crippen molar-refractivity contribution in [3.63, 3.8) is 0 Å². The van der Waals surface area contributed by atoms with Crippen molar-refractivity contribution in [3.8, 4) is 11.4 Å². The summed E-state index contributed by atoms with van der Waals surface area (Å²) in [5.74, 6) is 1.04. The molecule has 10 heteroatoms. The molecule has 1 aliphatic rings. The number of piperidine rings is 1. The van der Waals surface area contributed by atoms with Gasteiger partial charge in [0.2, 0.25) is 0 Å². The number of fused-ring (bicyclic) bond motifs is 1. The highest BCUT2D eigenvalue weighted by Gasteiger charge is 2.27. The third kappa shape index (κ3) is 3.52. The van der Waals surface area contributed by atoms with E-state index in [1.54, 1.807) is 13.3 Å². The first-order chi connectivity index (χ1) is 13.6. The number of nitrogens with two attached hydrogens (primary N) is 1. The molecule has 0 amide bonds. The second-order valence-corrected chi connectivity index (χ2v) is 6.83. The molecule has 0 radical (unpaired) electrons. The van der Waals surface area contributed by atoms with Crippen molar-refractivity contribution in [3.05, 3.63) is 36.4 Å². The van der Waals surface area contributed by atoms with Crippen LogP contribution >= 0.6 is 0 Å². The standard InChI is InChI=1S/C18H21F2N7O/c1-28-12-4-11(6-21)8-26(9-12)17-5-14(23-10-24-17)15-7-22-16-3-2-13(18(19)20)25-27(15)16/h2-3,5,7,10-12,18H,4,6,8-9,21H2,1H3. The monoisotopic (exact) mass is 389 g/mol. The summed E-state index contributed by atoms with van der Waals surface area (Å²) < 4.78 is 33.0. The number of hydrogen-bond acceptors (Lipinski definition) is 7. The average Bonchev–Trinajstić information content (AvgIpc) is 3.16. The normalized spacial score (nSPS) is 20.2. The Labute approximate surface area is 160 Å². The second kappa shape index (κ2) is 7.72. The van der Waals surface area contributed by atoms with E-state index in [1.165, 1.54) is 23.0 Å². The first-order valence-corrected chi connectivity index (χ1v) is 9.02. The molecule has 1 saturated heterocycles. The van der Waals surface area contributed by atoms with Crippen LogP contribution < -0.4 is 10.6 Å². The molecule has 3 aromatic heterocycles. The van der Waals surface area contributed by atoms with Gasteiger partial charge in [0.05, 0.1) is 18.0 Å². The average molecular weight is 389 g/mol. The predicted octanol–water partition coefficient (Wildman–Crippen LogP) is 1.92. The third-order valence-electron chi connectivity index (χ3n) is 5.01. The zero-order valence-electron chi connectivity index (χ0n) is 15.4. The van der Waals surface area contributed by atoms with Crippen LogP contribution in [0.4, 0.5) is 14.6 Å². The summed E-state index contributed by atoms with van der Waals surface area (Å²) >= 11 is 0. The SMILES string of the molecule is COC1CC(CN)CN(c2cc(-c3cnc4ccc(C(F)F)nn34)ncn2)C1. The van der Waals surface area contributed by atoms with Gasteiger partial charge >= 0.3 is 0 Å². The van der Waals surface area contributed by atoms with Crippen LogP contribution in [-0.4, -0.2) is 57.4 Å². The van der Waals surface area contributed by atoms with E-state index in [9.17, 15) is 8.78 Å². The molecule has 2 N–H and O–H groups in total. The molecule has 0 spiro atoms. The lowest BCUT2D eigenvalue weighted by Gasteiger charge is -2.37. The van der Waals surface area contributed by atoms with Gasteiger partial charge in [-0.2, -0.15) is 5.10 Å². The molecule has 8 nitrogen and oxygen atoms in total. The molecular weight excluding hydrogens is 368 g/mol. The molecule has 4 rings (SSSR count). The Morgan fingerprint density at radius 1 is 1.25 bits per heavy atom. The molecule has 1 aliphatic heterocycles. The molecule has 1 fully saturated rings. The third-order valence-corrected chi connectivity index (χ3v) is 5.01. The van der Waals surface area contributed by atoms with Gasteiger partial charge in [0.25, 0.3) is 6.43 Å². The Hall–Kier alpha value is -2.72. The second-order valence-electron chi connectivity index (χ2n) is 6.83. The summed E-state index contributed by atoms with van der Waals surface area (Å²) in [6, 6.07) is 4.60. The van der Waals surface area contributed by atoms with E-state index in [-0.39, 0.29) is 11.8 Å². The van der Waals surface area contributed by atoms with Gasteiger partial charge in [0.15, 0.2) is 5.65 Å². The quantitative estimate of drug-likeness (QED) is 0.712. The number of methoxy groups -OCH3 is 1. The number of halogens is 2. The Bertz CT molecular complexity index is 952. The molecular formula is C18H21F2N7O. The molecule has 28 heavy (non-hydrogen) atoms. The molecule has 0 saturated carbocycles. The summed E-state index contributed by atoms with van der Waals surface area (Å²) in [4.78, 5) is 15.0. The predicted molar refractivity (Wildman–Crippen MR) is 99.1 cm³/mol. The number of alkyl halides is 2. The van der Waals surface area contributed by atoms with E-state index < -0.39 is 6.43 Å². The van der Waals surface area contributed by atoms with Gasteiger partial charge in [-0.05, 0) is 31.0 Å². The fourth-order valence-electron chi connectivity index (χ4n) is 3.52. The Morgan fingerprint density at radius 3 is 2.86 bits per heavy atom. The van der Waals surface area contributed by atoms with Gasteiger partial charge in [0, 0.05) is 26.3 Å². The number of nitrogens with zero attached hydrogens (tertiary/aromatic N) is 6. The number of hydrogen-bond donors (Lipinski definition) is 1. The topological polar surface area (TPSA) is 94.5 Å². The van der Waals surface area contributed by atoms with Gasteiger partial charge in [-0.15, -0.1) is 0 Å². The molecule has 2 atom stereocenters. The Balaban J connectivity index is 1.69. The van der Waals surface area contributed by atoms with Crippen molar-refractivity contribution >= 4 is 11.5 Å². The summed E-state index contributed by atoms with van der Waals surface area (Å²) in [6.45, 7) is 2.04. The Morgan fingerprint density at radius 2 is 2.11 bits per heavy atom. The summed E-state index contributed by atoms with van der Waals surface area (Å²) in [7, 11) is 1.69. The number of aromatic nitrogens is 5. The largest absolute Gasteiger partial charge is 0.380 e. The van der Waals surface area contributed by atoms with Gasteiger partial charge in [-0.1, -0.05) is 0 Å². The number of ether oxygens (including phenoxy) is 1. The van der Waals surface area contributed by atoms with Crippen molar-refractivity contribution < 1.29 is 13.5 Å². The van der Waals surface area contributed by atoms with E-state index >= 15 is 0 Å². The van der Waals surface area contributed by atoms with Crippen LogP contribution in [0.5, 0.6) is 0 Å². The van der Waals surface area contributed by atoms with Gasteiger partial charge in [-0.25, -0.2) is 28.2 Å². The van der Waals surface area contributed by atoms with E-state index in [1.807, 2.05) is 6.07 Å². The van der Waals surface area contributed by atoms with Crippen LogP contribution in [0, 0.1) is 5.92 Å². The smallest absolute Gasteiger partial charge is 0.282 e. The maximum atomic E-state index is 13.0. The van der Waals surface area contributed by atoms with Gasteiger partial charge < -0.3 is 15.4 Å². The van der Waals surface area contributed by atoms with Crippen LogP contribution in [-0.2, 0) is 4.74 Å². The van der Waals surface area contributed by atoms with Crippen LogP contribution in [0.25, 0.3) is 17.0 Å². The van der Waals surface area contributed by atoms with E-state index in [2.05, 4.69) is 25.0 Å². The first kappa shape index (κ1) is 18.6. The zero-order valence-corrected chi connectivity index (χ0v) is 15.4. The maximum absolute atomic E-state index is 13.0. The lowest BCUT2D eigenvalue weighted by Crippen LogP contribution is -2.46. The van der Waals surface area contributed by atoms with Crippen molar-refractivity contribution in [2.24, 2.45) is 11.7 Å². The highest BCUT2D eigenvalue weighted by molar-refractivity contribution is 5.62. The van der Waals surface area contributed by atoms with Crippen LogP contribution in [0.2, 0.25) is 0 Å². The fourth-order valence-corrected chi connectivity index (χ4v) is 3.52. The van der Waals surface area contributed by atoms with E-state index in [4.69, 9.17) is 10.5 Å². The maximum Gasteiger partial charge on any atom is 0.282 e. The molecule has 3 aromatic rings. The minimum Gasteiger partial charge on any atom is -0.380 e. The van der Waals surface area contributed by atoms with Gasteiger partial charge in [-0.3, -0.25) is 0 Å². The number of anilines is 1. The highest BCUT2D eigenvalue weighted by Crippen LogP contribution is 2.26. The Kier molecular flexibility index (Phi) is 5.14. The molecule has 4 heterocycles. The summed E-state index contributed by atoms with van der Waals surface area (Å²) in [5.41, 5.74) is 7.11. The lowest BCUT2D eigenvalue weighted by molar-refractivity contribution is 0.0726. The molecule has 2 unspecified atom stereocenters.